The van der Waals surface area contributed by atoms with Gasteiger partial charge in [0, 0.05) is 24.7 Å². The van der Waals surface area contributed by atoms with Crippen LogP contribution < -0.4 is 5.32 Å². The first-order chi connectivity index (χ1) is 6.16. The first-order valence-electron chi connectivity index (χ1n) is 5.65. The highest BCUT2D eigenvalue weighted by Crippen LogP contribution is 2.43. The summed E-state index contributed by atoms with van der Waals surface area (Å²) < 4.78 is 0. The van der Waals surface area contributed by atoms with E-state index in [-0.39, 0.29) is 0 Å². The van der Waals surface area contributed by atoms with Gasteiger partial charge in [0.15, 0.2) is 0 Å². The summed E-state index contributed by atoms with van der Waals surface area (Å²) in [7, 11) is 0. The van der Waals surface area contributed by atoms with E-state index in [0.717, 1.165) is 5.92 Å². The maximum Gasteiger partial charge on any atom is 0.0334 e. The topological polar surface area (TPSA) is 15.3 Å². The molecule has 2 nitrogen and oxygen atoms in total. The van der Waals surface area contributed by atoms with Crippen molar-refractivity contribution in [3.8, 4) is 0 Å². The van der Waals surface area contributed by atoms with Crippen LogP contribution in [0.25, 0.3) is 0 Å². The molecule has 76 valence electrons. The van der Waals surface area contributed by atoms with Crippen LogP contribution in [0, 0.1) is 5.92 Å². The van der Waals surface area contributed by atoms with Crippen molar-refractivity contribution >= 4 is 0 Å². The molecule has 1 aliphatic carbocycles. The third-order valence-electron chi connectivity index (χ3n) is 3.86. The minimum atomic E-state index is 0.460. The Bertz CT molecular complexity index is 189. The number of piperazine rings is 1. The monoisotopic (exact) mass is 182 g/mol. The number of rotatable bonds is 2. The normalized spacial score (nSPS) is 42.2. The van der Waals surface area contributed by atoms with Crippen molar-refractivity contribution in [2.24, 2.45) is 5.92 Å². The van der Waals surface area contributed by atoms with Gasteiger partial charge >= 0.3 is 0 Å². The van der Waals surface area contributed by atoms with Crippen LogP contribution in [0.3, 0.4) is 0 Å². The third kappa shape index (κ3) is 1.62. The summed E-state index contributed by atoms with van der Waals surface area (Å²) in [5, 5.41) is 3.62. The smallest absolute Gasteiger partial charge is 0.0334 e. The molecule has 0 aromatic rings. The molecule has 13 heavy (non-hydrogen) atoms. The fourth-order valence-electron chi connectivity index (χ4n) is 2.69. The Kier molecular flexibility index (Phi) is 2.37. The molecule has 0 spiro atoms. The van der Waals surface area contributed by atoms with Gasteiger partial charge in [0.2, 0.25) is 0 Å². The summed E-state index contributed by atoms with van der Waals surface area (Å²) in [6, 6.07) is 0.673. The van der Waals surface area contributed by atoms with E-state index in [0.29, 0.717) is 11.6 Å². The summed E-state index contributed by atoms with van der Waals surface area (Å²) in [6.07, 6.45) is 2.89. The van der Waals surface area contributed by atoms with Gasteiger partial charge in [0.1, 0.15) is 0 Å². The highest BCUT2D eigenvalue weighted by Gasteiger charge is 2.46. The second-order valence-corrected chi connectivity index (χ2v) is 4.95. The average molecular weight is 182 g/mol. The number of hydrogen-bond acceptors (Lipinski definition) is 2. The van der Waals surface area contributed by atoms with Crippen LogP contribution in [0.15, 0.2) is 0 Å². The van der Waals surface area contributed by atoms with Gasteiger partial charge in [-0.2, -0.15) is 0 Å². The number of hydrogen-bond donors (Lipinski definition) is 1. The van der Waals surface area contributed by atoms with Gasteiger partial charge in [-0.05, 0) is 39.2 Å². The van der Waals surface area contributed by atoms with E-state index < -0.39 is 0 Å². The van der Waals surface area contributed by atoms with Crippen molar-refractivity contribution in [1.82, 2.24) is 10.2 Å². The zero-order chi connectivity index (χ0) is 9.47. The highest BCUT2D eigenvalue weighted by molar-refractivity contribution is 5.03. The highest BCUT2D eigenvalue weighted by atomic mass is 15.3. The first-order valence-corrected chi connectivity index (χ1v) is 5.65. The maximum atomic E-state index is 3.62. The number of likely N-dealkylation sites (N-methyl/N-ethyl adjacent to an activating group) is 1. The molecule has 1 N–H and O–H groups in total. The lowest BCUT2D eigenvalue weighted by molar-refractivity contribution is 0.0435. The molecule has 1 saturated heterocycles. The standard InChI is InChI=1S/C11H22N2/c1-4-13-7-9(2)12-8-11(13,3)10-5-6-10/h9-10,12H,4-8H2,1-3H3. The largest absolute Gasteiger partial charge is 0.311 e. The quantitative estimate of drug-likeness (QED) is 0.695. The van der Waals surface area contributed by atoms with Crippen LogP contribution in [0.5, 0.6) is 0 Å². The Morgan fingerprint density at radius 2 is 2.15 bits per heavy atom. The molecule has 2 unspecified atom stereocenters. The molecule has 0 bridgehead atoms. The summed E-state index contributed by atoms with van der Waals surface area (Å²) in [6.45, 7) is 10.6. The summed E-state index contributed by atoms with van der Waals surface area (Å²) in [5.41, 5.74) is 0.460. The minimum absolute atomic E-state index is 0.460. The Morgan fingerprint density at radius 3 is 2.69 bits per heavy atom. The fourth-order valence-corrected chi connectivity index (χ4v) is 2.69. The SMILES string of the molecule is CCN1CC(C)NCC1(C)C1CC1. The van der Waals surface area contributed by atoms with Gasteiger partial charge in [-0.3, -0.25) is 4.90 Å². The summed E-state index contributed by atoms with van der Waals surface area (Å²) >= 11 is 0. The maximum absolute atomic E-state index is 3.62. The summed E-state index contributed by atoms with van der Waals surface area (Å²) in [4.78, 5) is 2.67. The van der Waals surface area contributed by atoms with Gasteiger partial charge in [-0.15, -0.1) is 0 Å². The molecule has 2 aliphatic rings. The molecule has 0 aromatic carbocycles. The Morgan fingerprint density at radius 1 is 1.46 bits per heavy atom. The van der Waals surface area contributed by atoms with Crippen LogP contribution in [0.4, 0.5) is 0 Å². The van der Waals surface area contributed by atoms with Crippen LogP contribution in [-0.2, 0) is 0 Å². The van der Waals surface area contributed by atoms with E-state index in [9.17, 15) is 0 Å². The average Bonchev–Trinajstić information content (AvgIpc) is 2.92. The van der Waals surface area contributed by atoms with E-state index >= 15 is 0 Å². The predicted molar refractivity (Wildman–Crippen MR) is 55.8 cm³/mol. The van der Waals surface area contributed by atoms with Gasteiger partial charge in [0.05, 0.1) is 0 Å². The van der Waals surface area contributed by atoms with Crippen LogP contribution in [0.1, 0.15) is 33.6 Å². The molecule has 2 rings (SSSR count). The zero-order valence-corrected chi connectivity index (χ0v) is 9.14. The van der Waals surface area contributed by atoms with E-state index in [1.165, 1.54) is 32.5 Å². The molecular weight excluding hydrogens is 160 g/mol. The lowest BCUT2D eigenvalue weighted by atomic mass is 9.90. The lowest BCUT2D eigenvalue weighted by Gasteiger charge is -2.47. The van der Waals surface area contributed by atoms with Crippen LogP contribution in [0.2, 0.25) is 0 Å². The molecule has 2 heteroatoms. The number of nitrogens with zero attached hydrogens (tertiary/aromatic N) is 1. The molecule has 0 aromatic heterocycles. The first kappa shape index (κ1) is 9.47. The van der Waals surface area contributed by atoms with Gasteiger partial charge < -0.3 is 5.32 Å². The van der Waals surface area contributed by atoms with Crippen LogP contribution >= 0.6 is 0 Å². The van der Waals surface area contributed by atoms with Crippen molar-refractivity contribution in [3.63, 3.8) is 0 Å². The van der Waals surface area contributed by atoms with E-state index in [1.807, 2.05) is 0 Å². The summed E-state index contributed by atoms with van der Waals surface area (Å²) in [5.74, 6) is 0.965. The molecule has 2 atom stereocenters. The van der Waals surface area contributed by atoms with Crippen molar-refractivity contribution in [2.75, 3.05) is 19.6 Å². The second kappa shape index (κ2) is 3.25. The van der Waals surface area contributed by atoms with Crippen molar-refractivity contribution in [2.45, 2.75) is 45.2 Å². The second-order valence-electron chi connectivity index (χ2n) is 4.95. The molecular formula is C11H22N2. The number of nitrogens with one attached hydrogen (secondary N) is 1. The van der Waals surface area contributed by atoms with E-state index in [1.54, 1.807) is 0 Å². The third-order valence-corrected chi connectivity index (χ3v) is 3.86. The Labute approximate surface area is 81.7 Å². The van der Waals surface area contributed by atoms with E-state index in [4.69, 9.17) is 0 Å². The molecule has 1 heterocycles. The molecule has 1 aliphatic heterocycles. The van der Waals surface area contributed by atoms with Gasteiger partial charge in [-0.25, -0.2) is 0 Å². The predicted octanol–water partition coefficient (Wildman–Crippen LogP) is 1.47. The van der Waals surface area contributed by atoms with E-state index in [2.05, 4.69) is 31.0 Å². The van der Waals surface area contributed by atoms with Gasteiger partial charge in [0.25, 0.3) is 0 Å². The Balaban J connectivity index is 2.07. The zero-order valence-electron chi connectivity index (χ0n) is 9.14. The molecule has 0 amide bonds. The van der Waals surface area contributed by atoms with Crippen molar-refractivity contribution in [3.05, 3.63) is 0 Å². The molecule has 0 radical (unpaired) electrons. The fraction of sp³-hybridized carbons (Fsp3) is 1.00. The van der Waals surface area contributed by atoms with Crippen molar-refractivity contribution < 1.29 is 0 Å². The molecule has 1 saturated carbocycles. The van der Waals surface area contributed by atoms with Gasteiger partial charge in [-0.1, -0.05) is 6.92 Å². The van der Waals surface area contributed by atoms with Crippen LogP contribution in [-0.4, -0.2) is 36.1 Å². The lowest BCUT2D eigenvalue weighted by Crippen LogP contribution is -2.63. The van der Waals surface area contributed by atoms with Crippen molar-refractivity contribution in [1.29, 1.82) is 0 Å². The molecule has 2 fully saturated rings. The Hall–Kier alpha value is -0.0800. The minimum Gasteiger partial charge on any atom is -0.311 e.